The summed E-state index contributed by atoms with van der Waals surface area (Å²) in [6, 6.07) is 2.23. The Kier molecular flexibility index (Phi) is 2.90. The van der Waals surface area contributed by atoms with Crippen molar-refractivity contribution in [2.45, 2.75) is 20.4 Å². The van der Waals surface area contributed by atoms with E-state index in [1.54, 1.807) is 0 Å². The first-order chi connectivity index (χ1) is 4.83. The fourth-order valence-electron chi connectivity index (χ4n) is 0.832. The maximum absolute atomic E-state index is 3.29. The van der Waals surface area contributed by atoms with Crippen LogP contribution in [0.5, 0.6) is 0 Å². The largest absolute Gasteiger partial charge is 0.312 e. The van der Waals surface area contributed by atoms with Crippen LogP contribution in [0.2, 0.25) is 0 Å². The van der Waals surface area contributed by atoms with Crippen molar-refractivity contribution >= 4 is 11.3 Å². The quantitative estimate of drug-likeness (QED) is 0.705. The van der Waals surface area contributed by atoms with Crippen molar-refractivity contribution in [3.8, 4) is 0 Å². The van der Waals surface area contributed by atoms with Gasteiger partial charge in [-0.05, 0) is 30.5 Å². The maximum Gasteiger partial charge on any atom is 0.0299 e. The highest BCUT2D eigenvalue weighted by atomic mass is 32.1. The number of hydrogen-bond acceptors (Lipinski definition) is 2. The van der Waals surface area contributed by atoms with Gasteiger partial charge in [-0.1, -0.05) is 6.92 Å². The smallest absolute Gasteiger partial charge is 0.0299 e. The minimum Gasteiger partial charge on any atom is -0.312 e. The molecular weight excluding hydrogens is 142 g/mol. The summed E-state index contributed by atoms with van der Waals surface area (Å²) in [7, 11) is 0. The normalized spacial score (nSPS) is 10.2. The maximum atomic E-state index is 3.29. The van der Waals surface area contributed by atoms with Crippen molar-refractivity contribution in [2.75, 3.05) is 6.54 Å². The van der Waals surface area contributed by atoms with Crippen molar-refractivity contribution in [1.29, 1.82) is 0 Å². The summed E-state index contributed by atoms with van der Waals surface area (Å²) in [5, 5.41) is 5.48. The zero-order valence-electron chi connectivity index (χ0n) is 6.48. The van der Waals surface area contributed by atoms with Crippen LogP contribution in [0.4, 0.5) is 0 Å². The summed E-state index contributed by atoms with van der Waals surface area (Å²) in [5.41, 5.74) is 1.37. The average molecular weight is 155 g/mol. The Hall–Kier alpha value is -0.340. The van der Waals surface area contributed by atoms with E-state index in [1.807, 2.05) is 11.3 Å². The molecule has 0 unspecified atom stereocenters. The summed E-state index contributed by atoms with van der Waals surface area (Å²) in [6.45, 7) is 6.33. The van der Waals surface area contributed by atoms with Gasteiger partial charge in [0.25, 0.3) is 0 Å². The van der Waals surface area contributed by atoms with Gasteiger partial charge in [-0.3, -0.25) is 0 Å². The van der Waals surface area contributed by atoms with Crippen LogP contribution in [0.25, 0.3) is 0 Å². The zero-order valence-corrected chi connectivity index (χ0v) is 7.29. The topological polar surface area (TPSA) is 12.0 Å². The zero-order chi connectivity index (χ0) is 7.40. The third kappa shape index (κ3) is 2.12. The monoisotopic (exact) mass is 155 g/mol. The van der Waals surface area contributed by atoms with Crippen LogP contribution in [0, 0.1) is 6.92 Å². The second-order valence-corrected chi connectivity index (χ2v) is 3.37. The molecule has 1 heterocycles. The van der Waals surface area contributed by atoms with Crippen molar-refractivity contribution in [3.63, 3.8) is 0 Å². The molecule has 1 nitrogen and oxygen atoms in total. The van der Waals surface area contributed by atoms with Gasteiger partial charge < -0.3 is 5.32 Å². The summed E-state index contributed by atoms with van der Waals surface area (Å²) in [5.74, 6) is 0. The lowest BCUT2D eigenvalue weighted by Gasteiger charge is -1.95. The molecule has 1 N–H and O–H groups in total. The number of hydrogen-bond donors (Lipinski definition) is 1. The SMILES string of the molecule is CCNCc1cc(C)cs1. The summed E-state index contributed by atoms with van der Waals surface area (Å²) in [4.78, 5) is 1.43. The minimum absolute atomic E-state index is 1.02. The fourth-order valence-corrected chi connectivity index (χ4v) is 1.68. The Morgan fingerprint density at radius 1 is 1.60 bits per heavy atom. The van der Waals surface area contributed by atoms with E-state index < -0.39 is 0 Å². The molecule has 56 valence electrons. The molecule has 0 amide bonds. The van der Waals surface area contributed by atoms with Crippen LogP contribution >= 0.6 is 11.3 Å². The molecule has 0 aliphatic heterocycles. The molecule has 0 fully saturated rings. The highest BCUT2D eigenvalue weighted by Gasteiger charge is 1.93. The first kappa shape index (κ1) is 7.76. The molecule has 0 saturated carbocycles. The molecule has 0 aliphatic carbocycles. The number of aryl methyl sites for hydroxylation is 1. The predicted molar refractivity (Wildman–Crippen MR) is 46.4 cm³/mol. The van der Waals surface area contributed by atoms with Crippen LogP contribution in [0.15, 0.2) is 11.4 Å². The molecule has 0 spiro atoms. The minimum atomic E-state index is 1.02. The van der Waals surface area contributed by atoms with Gasteiger partial charge in [0.1, 0.15) is 0 Å². The lowest BCUT2D eigenvalue weighted by atomic mass is 10.3. The summed E-state index contributed by atoms with van der Waals surface area (Å²) in [6.07, 6.45) is 0. The molecule has 0 radical (unpaired) electrons. The number of thiophene rings is 1. The Morgan fingerprint density at radius 3 is 2.90 bits per heavy atom. The Bertz CT molecular complexity index is 193. The number of nitrogens with one attached hydrogen (secondary N) is 1. The van der Waals surface area contributed by atoms with Gasteiger partial charge in [0.15, 0.2) is 0 Å². The van der Waals surface area contributed by atoms with E-state index in [1.165, 1.54) is 10.4 Å². The molecule has 0 atom stereocenters. The van der Waals surface area contributed by atoms with Crippen molar-refractivity contribution in [2.24, 2.45) is 0 Å². The van der Waals surface area contributed by atoms with E-state index in [-0.39, 0.29) is 0 Å². The van der Waals surface area contributed by atoms with E-state index in [4.69, 9.17) is 0 Å². The summed E-state index contributed by atoms with van der Waals surface area (Å²) < 4.78 is 0. The number of rotatable bonds is 3. The van der Waals surface area contributed by atoms with E-state index in [9.17, 15) is 0 Å². The molecule has 0 saturated heterocycles. The fraction of sp³-hybridized carbons (Fsp3) is 0.500. The first-order valence-electron chi connectivity index (χ1n) is 3.57. The molecule has 1 aromatic rings. The van der Waals surface area contributed by atoms with Gasteiger partial charge in [-0.15, -0.1) is 11.3 Å². The molecule has 0 aliphatic rings. The molecule has 10 heavy (non-hydrogen) atoms. The van der Waals surface area contributed by atoms with Gasteiger partial charge in [-0.25, -0.2) is 0 Å². The summed E-state index contributed by atoms with van der Waals surface area (Å²) >= 11 is 1.83. The van der Waals surface area contributed by atoms with E-state index in [2.05, 4.69) is 30.6 Å². The van der Waals surface area contributed by atoms with Crippen molar-refractivity contribution < 1.29 is 0 Å². The second kappa shape index (κ2) is 3.74. The van der Waals surface area contributed by atoms with Gasteiger partial charge in [-0.2, -0.15) is 0 Å². The predicted octanol–water partition coefficient (Wildman–Crippen LogP) is 2.17. The molecule has 1 aromatic heterocycles. The lowest BCUT2D eigenvalue weighted by Crippen LogP contribution is -2.10. The van der Waals surface area contributed by atoms with Crippen LogP contribution in [0.1, 0.15) is 17.4 Å². The average Bonchev–Trinajstić information content (AvgIpc) is 2.31. The molecule has 2 heteroatoms. The molecule has 0 bridgehead atoms. The molecule has 1 rings (SSSR count). The second-order valence-electron chi connectivity index (χ2n) is 2.37. The van der Waals surface area contributed by atoms with Gasteiger partial charge >= 0.3 is 0 Å². The van der Waals surface area contributed by atoms with Crippen LogP contribution in [-0.2, 0) is 6.54 Å². The highest BCUT2D eigenvalue weighted by molar-refractivity contribution is 7.10. The van der Waals surface area contributed by atoms with Crippen LogP contribution in [-0.4, -0.2) is 6.54 Å². The third-order valence-electron chi connectivity index (χ3n) is 1.33. The van der Waals surface area contributed by atoms with Gasteiger partial charge in [0, 0.05) is 11.4 Å². The van der Waals surface area contributed by atoms with E-state index in [0.29, 0.717) is 0 Å². The van der Waals surface area contributed by atoms with Gasteiger partial charge in [0.05, 0.1) is 0 Å². The molecule has 0 aromatic carbocycles. The Balaban J connectivity index is 2.42. The standard InChI is InChI=1S/C8H13NS/c1-3-9-5-8-4-7(2)6-10-8/h4,6,9H,3,5H2,1-2H3. The van der Waals surface area contributed by atoms with E-state index >= 15 is 0 Å². The van der Waals surface area contributed by atoms with Gasteiger partial charge in [0.2, 0.25) is 0 Å². The van der Waals surface area contributed by atoms with E-state index in [0.717, 1.165) is 13.1 Å². The highest BCUT2D eigenvalue weighted by Crippen LogP contribution is 2.12. The molecular formula is C8H13NS. The Morgan fingerprint density at radius 2 is 2.40 bits per heavy atom. The van der Waals surface area contributed by atoms with Crippen molar-refractivity contribution in [1.82, 2.24) is 5.32 Å². The Labute approximate surface area is 66.1 Å². The first-order valence-corrected chi connectivity index (χ1v) is 4.45. The van der Waals surface area contributed by atoms with Crippen LogP contribution in [0.3, 0.4) is 0 Å². The van der Waals surface area contributed by atoms with Crippen LogP contribution < -0.4 is 5.32 Å². The van der Waals surface area contributed by atoms with Crippen molar-refractivity contribution in [3.05, 3.63) is 21.9 Å². The lowest BCUT2D eigenvalue weighted by molar-refractivity contribution is 0.735. The third-order valence-corrected chi connectivity index (χ3v) is 2.39.